The number of aromatic nitrogens is 1. The van der Waals surface area contributed by atoms with E-state index in [-0.39, 0.29) is 5.91 Å². The van der Waals surface area contributed by atoms with Crippen molar-refractivity contribution in [1.82, 2.24) is 4.98 Å². The van der Waals surface area contributed by atoms with E-state index in [0.717, 1.165) is 0 Å². The van der Waals surface area contributed by atoms with Crippen molar-refractivity contribution in [2.24, 2.45) is 0 Å². The third-order valence-corrected chi connectivity index (χ3v) is 3.33. The largest absolute Gasteiger partial charge is 0.443 e. The lowest BCUT2D eigenvalue weighted by Gasteiger charge is -2.07. The van der Waals surface area contributed by atoms with Crippen LogP contribution in [0.25, 0.3) is 11.1 Å². The van der Waals surface area contributed by atoms with Crippen molar-refractivity contribution in [2.45, 2.75) is 0 Å². The van der Waals surface area contributed by atoms with Gasteiger partial charge in [0.05, 0.1) is 10.7 Å². The number of nitrogens with one attached hydrogen (secondary N) is 1. The number of halogens is 2. The molecule has 1 heterocycles. The summed E-state index contributed by atoms with van der Waals surface area (Å²) in [6.07, 6.45) is 1.33. The number of amides is 1. The number of rotatable bonds is 2. The molecule has 0 atom stereocenters. The fraction of sp³-hybridized carbons (Fsp3) is 0. The minimum atomic E-state index is -0.299. The van der Waals surface area contributed by atoms with Gasteiger partial charge in [-0.1, -0.05) is 23.2 Å². The van der Waals surface area contributed by atoms with Crippen LogP contribution in [0.1, 0.15) is 10.4 Å². The van der Waals surface area contributed by atoms with Gasteiger partial charge < -0.3 is 9.73 Å². The monoisotopic (exact) mass is 306 g/mol. The van der Waals surface area contributed by atoms with Crippen molar-refractivity contribution in [3.63, 3.8) is 0 Å². The van der Waals surface area contributed by atoms with E-state index in [4.69, 9.17) is 27.6 Å². The molecule has 20 heavy (non-hydrogen) atoms. The zero-order valence-corrected chi connectivity index (χ0v) is 11.6. The van der Waals surface area contributed by atoms with Gasteiger partial charge >= 0.3 is 0 Å². The SMILES string of the molecule is O=C(Nc1cc(Cl)ccc1Cl)c1ccc2ncoc2c1. The Kier molecular flexibility index (Phi) is 3.34. The molecule has 0 fully saturated rings. The summed E-state index contributed by atoms with van der Waals surface area (Å²) in [4.78, 5) is 16.2. The maximum absolute atomic E-state index is 12.2. The summed E-state index contributed by atoms with van der Waals surface area (Å²) >= 11 is 11.9. The van der Waals surface area contributed by atoms with E-state index >= 15 is 0 Å². The summed E-state index contributed by atoms with van der Waals surface area (Å²) in [5.41, 5.74) is 2.16. The second kappa shape index (κ2) is 5.15. The van der Waals surface area contributed by atoms with Gasteiger partial charge in [0.2, 0.25) is 0 Å². The first kappa shape index (κ1) is 13.0. The van der Waals surface area contributed by atoms with Crippen molar-refractivity contribution < 1.29 is 9.21 Å². The average molecular weight is 307 g/mol. The lowest BCUT2D eigenvalue weighted by atomic mass is 10.2. The van der Waals surface area contributed by atoms with E-state index < -0.39 is 0 Å². The van der Waals surface area contributed by atoms with E-state index in [2.05, 4.69) is 10.3 Å². The van der Waals surface area contributed by atoms with Crippen molar-refractivity contribution >= 4 is 45.9 Å². The molecular formula is C14H8Cl2N2O2. The Morgan fingerprint density at radius 2 is 2.00 bits per heavy atom. The molecule has 1 amide bonds. The van der Waals surface area contributed by atoms with Gasteiger partial charge in [0.15, 0.2) is 12.0 Å². The zero-order chi connectivity index (χ0) is 14.1. The highest BCUT2D eigenvalue weighted by atomic mass is 35.5. The molecule has 1 N–H and O–H groups in total. The summed E-state index contributed by atoms with van der Waals surface area (Å²) in [6.45, 7) is 0. The first-order chi connectivity index (χ1) is 9.63. The van der Waals surface area contributed by atoms with Crippen LogP contribution in [-0.4, -0.2) is 10.9 Å². The van der Waals surface area contributed by atoms with Crippen LogP contribution in [0.15, 0.2) is 47.2 Å². The Morgan fingerprint density at radius 3 is 2.85 bits per heavy atom. The summed E-state index contributed by atoms with van der Waals surface area (Å²) in [6, 6.07) is 9.87. The number of benzene rings is 2. The number of oxazole rings is 1. The highest BCUT2D eigenvalue weighted by molar-refractivity contribution is 6.35. The Morgan fingerprint density at radius 1 is 1.15 bits per heavy atom. The number of hydrogen-bond donors (Lipinski definition) is 1. The molecule has 0 spiro atoms. The molecule has 0 aliphatic heterocycles. The zero-order valence-electron chi connectivity index (χ0n) is 10.1. The van der Waals surface area contributed by atoms with Gasteiger partial charge in [-0.3, -0.25) is 4.79 Å². The van der Waals surface area contributed by atoms with Crippen LogP contribution >= 0.6 is 23.2 Å². The van der Waals surface area contributed by atoms with Gasteiger partial charge in [-0.15, -0.1) is 0 Å². The molecule has 0 saturated carbocycles. The molecule has 100 valence electrons. The molecule has 3 aromatic rings. The van der Waals surface area contributed by atoms with Gasteiger partial charge in [-0.05, 0) is 36.4 Å². The lowest BCUT2D eigenvalue weighted by molar-refractivity contribution is 0.102. The molecule has 6 heteroatoms. The van der Waals surface area contributed by atoms with Crippen LogP contribution in [0.2, 0.25) is 10.0 Å². The standard InChI is InChI=1S/C14H8Cl2N2O2/c15-9-2-3-10(16)12(6-9)18-14(19)8-1-4-11-13(5-8)20-7-17-11/h1-7H,(H,18,19). The topological polar surface area (TPSA) is 55.1 Å². The van der Waals surface area contributed by atoms with E-state index in [9.17, 15) is 4.79 Å². The predicted octanol–water partition coefficient (Wildman–Crippen LogP) is 4.39. The molecule has 0 unspecified atom stereocenters. The van der Waals surface area contributed by atoms with Crippen LogP contribution in [-0.2, 0) is 0 Å². The lowest BCUT2D eigenvalue weighted by Crippen LogP contribution is -2.12. The van der Waals surface area contributed by atoms with Gasteiger partial charge in [0.25, 0.3) is 5.91 Å². The van der Waals surface area contributed by atoms with Crippen molar-refractivity contribution in [3.8, 4) is 0 Å². The third-order valence-electron chi connectivity index (χ3n) is 2.77. The molecule has 0 aliphatic rings. The molecule has 0 radical (unpaired) electrons. The summed E-state index contributed by atoms with van der Waals surface area (Å²) in [5.74, 6) is -0.299. The summed E-state index contributed by atoms with van der Waals surface area (Å²) in [5, 5.41) is 3.62. The second-order valence-corrected chi connectivity index (χ2v) is 4.96. The van der Waals surface area contributed by atoms with Gasteiger partial charge in [-0.25, -0.2) is 4.98 Å². The van der Waals surface area contributed by atoms with Crippen LogP contribution in [0.5, 0.6) is 0 Å². The van der Waals surface area contributed by atoms with E-state index in [0.29, 0.717) is 32.4 Å². The van der Waals surface area contributed by atoms with E-state index in [1.807, 2.05) is 0 Å². The molecular weight excluding hydrogens is 299 g/mol. The van der Waals surface area contributed by atoms with Crippen LogP contribution in [0, 0.1) is 0 Å². The second-order valence-electron chi connectivity index (χ2n) is 4.11. The summed E-state index contributed by atoms with van der Waals surface area (Å²) < 4.78 is 5.16. The van der Waals surface area contributed by atoms with Gasteiger partial charge in [-0.2, -0.15) is 0 Å². The first-order valence-electron chi connectivity index (χ1n) is 5.73. The molecule has 2 aromatic carbocycles. The Balaban J connectivity index is 1.90. The third kappa shape index (κ3) is 2.48. The Bertz CT molecular complexity index is 799. The van der Waals surface area contributed by atoms with Crippen molar-refractivity contribution in [2.75, 3.05) is 5.32 Å². The van der Waals surface area contributed by atoms with E-state index in [1.165, 1.54) is 6.39 Å². The van der Waals surface area contributed by atoms with Crippen molar-refractivity contribution in [1.29, 1.82) is 0 Å². The predicted molar refractivity (Wildman–Crippen MR) is 78.4 cm³/mol. The van der Waals surface area contributed by atoms with Gasteiger partial charge in [0.1, 0.15) is 5.52 Å². The summed E-state index contributed by atoms with van der Waals surface area (Å²) in [7, 11) is 0. The Hall–Kier alpha value is -2.04. The average Bonchev–Trinajstić information content (AvgIpc) is 2.90. The molecule has 3 rings (SSSR count). The molecule has 0 bridgehead atoms. The molecule has 1 aromatic heterocycles. The smallest absolute Gasteiger partial charge is 0.255 e. The number of carbonyl (C=O) groups excluding carboxylic acids is 1. The minimum absolute atomic E-state index is 0.299. The van der Waals surface area contributed by atoms with Crippen molar-refractivity contribution in [3.05, 3.63) is 58.4 Å². The maximum Gasteiger partial charge on any atom is 0.255 e. The molecule has 4 nitrogen and oxygen atoms in total. The highest BCUT2D eigenvalue weighted by Crippen LogP contribution is 2.26. The normalized spacial score (nSPS) is 10.7. The highest BCUT2D eigenvalue weighted by Gasteiger charge is 2.11. The fourth-order valence-corrected chi connectivity index (χ4v) is 2.12. The number of anilines is 1. The quantitative estimate of drug-likeness (QED) is 0.764. The van der Waals surface area contributed by atoms with Crippen LogP contribution < -0.4 is 5.32 Å². The van der Waals surface area contributed by atoms with Crippen LogP contribution in [0.4, 0.5) is 5.69 Å². The molecule has 0 saturated heterocycles. The first-order valence-corrected chi connectivity index (χ1v) is 6.49. The number of hydrogen-bond acceptors (Lipinski definition) is 3. The number of carbonyl (C=O) groups is 1. The minimum Gasteiger partial charge on any atom is -0.443 e. The maximum atomic E-state index is 12.2. The fourth-order valence-electron chi connectivity index (χ4n) is 1.78. The molecule has 0 aliphatic carbocycles. The number of nitrogens with zero attached hydrogens (tertiary/aromatic N) is 1. The van der Waals surface area contributed by atoms with Gasteiger partial charge in [0, 0.05) is 10.6 Å². The van der Waals surface area contributed by atoms with E-state index in [1.54, 1.807) is 36.4 Å². The van der Waals surface area contributed by atoms with Crippen LogP contribution in [0.3, 0.4) is 0 Å². The Labute approximate surface area is 124 Å². The number of fused-ring (bicyclic) bond motifs is 1.